The topological polar surface area (TPSA) is 0 Å². The fraction of sp³-hybridized carbons (Fsp3) is 0.290. The largest absolute Gasteiger partial charge is 0.147 e. The number of hydrogen-bond acceptors (Lipinski definition) is 0. The molecule has 5 rings (SSSR count). The molecule has 0 bridgehead atoms. The first-order valence-electron chi connectivity index (χ1n) is 12.2. The van der Waals surface area contributed by atoms with Crippen molar-refractivity contribution in [2.75, 3.05) is 0 Å². The molecule has 4 heteroatoms. The van der Waals surface area contributed by atoms with Crippen molar-refractivity contribution in [2.45, 2.75) is 52.9 Å². The van der Waals surface area contributed by atoms with Gasteiger partial charge >= 0.3 is 207 Å². The van der Waals surface area contributed by atoms with Gasteiger partial charge in [0, 0.05) is 0 Å². The van der Waals surface area contributed by atoms with Crippen LogP contribution in [0.5, 0.6) is 0 Å². The standard InChI is InChI=1S/2C12H13.C7H7.2ClH.H2Si.Zr/c2*1-8-6-11-9(2)4-5-10(3)12(11)7-8;1-7-5-3-2-4-6-7;;;;/h2*4-7H,1-3H3;2-6H,1H2;2*1H;1H2;. The van der Waals surface area contributed by atoms with Crippen LogP contribution in [0.3, 0.4) is 0 Å². The summed E-state index contributed by atoms with van der Waals surface area (Å²) in [4.78, 5) is 0. The van der Waals surface area contributed by atoms with Crippen LogP contribution in [-0.2, 0) is 23.0 Å². The Balaban J connectivity index is 0.00000171. The van der Waals surface area contributed by atoms with E-state index in [0.29, 0.717) is 7.25 Å². The Labute approximate surface area is 229 Å². The second kappa shape index (κ2) is 10.7. The van der Waals surface area contributed by atoms with Crippen molar-refractivity contribution in [3.05, 3.63) is 116 Å². The second-order valence-corrected chi connectivity index (χ2v) is 28.1. The zero-order valence-electron chi connectivity index (χ0n) is 21.7. The summed E-state index contributed by atoms with van der Waals surface area (Å²) in [6, 6.07) is 20.7. The van der Waals surface area contributed by atoms with Crippen molar-refractivity contribution in [1.29, 1.82) is 0 Å². The van der Waals surface area contributed by atoms with Crippen molar-refractivity contribution in [3.8, 4) is 0 Å². The predicted molar refractivity (Wildman–Crippen MR) is 158 cm³/mol. The number of hydrogen-bond donors (Lipinski definition) is 0. The minimum Gasteiger partial charge on any atom is -0.147 e. The molecule has 2 unspecified atom stereocenters. The molecule has 0 aromatic heterocycles. The van der Waals surface area contributed by atoms with Gasteiger partial charge in [-0.3, -0.25) is 0 Å². The Morgan fingerprint density at radius 2 is 1.00 bits per heavy atom. The van der Waals surface area contributed by atoms with Gasteiger partial charge in [-0.25, -0.2) is 0 Å². The number of fused-ring (bicyclic) bond motifs is 2. The Morgan fingerprint density at radius 3 is 1.43 bits per heavy atom. The van der Waals surface area contributed by atoms with Crippen LogP contribution in [0.4, 0.5) is 0 Å². The molecule has 2 atom stereocenters. The molecule has 0 spiro atoms. The Kier molecular flexibility index (Phi) is 8.65. The van der Waals surface area contributed by atoms with Crippen molar-refractivity contribution in [2.24, 2.45) is 0 Å². The van der Waals surface area contributed by atoms with Crippen LogP contribution < -0.4 is 0 Å². The maximum absolute atomic E-state index is 3.01. The minimum atomic E-state index is -3.01. The monoisotopic (exact) mass is 597 g/mol. The summed E-state index contributed by atoms with van der Waals surface area (Å²) in [5, 5.41) is 0. The van der Waals surface area contributed by atoms with E-state index in [4.69, 9.17) is 0 Å². The van der Waals surface area contributed by atoms with Gasteiger partial charge in [-0.15, -0.1) is 24.8 Å². The van der Waals surface area contributed by atoms with E-state index < -0.39 is 18.9 Å². The Hall–Kier alpha value is -1.18. The zero-order chi connectivity index (χ0) is 23.5. The number of halogens is 2. The number of rotatable bonds is 4. The molecule has 0 fully saturated rings. The molecular weight excluding hydrogens is 563 g/mol. The van der Waals surface area contributed by atoms with Crippen molar-refractivity contribution in [1.82, 2.24) is 0 Å². The smallest absolute Gasteiger partial charge is 0.147 e. The van der Waals surface area contributed by atoms with Gasteiger partial charge in [-0.2, -0.15) is 0 Å². The average molecular weight is 600 g/mol. The Bertz CT molecular complexity index is 1300. The maximum atomic E-state index is 2.53. The van der Waals surface area contributed by atoms with Gasteiger partial charge in [0.2, 0.25) is 0 Å². The Morgan fingerprint density at radius 1 is 0.600 bits per heavy atom. The van der Waals surface area contributed by atoms with E-state index in [0.717, 1.165) is 0 Å². The molecule has 0 heterocycles. The molecule has 2 aliphatic carbocycles. The van der Waals surface area contributed by atoms with Crippen LogP contribution in [0.2, 0.25) is 0 Å². The normalized spacial score (nSPS) is 19.5. The van der Waals surface area contributed by atoms with Crippen molar-refractivity contribution < 1.29 is 18.9 Å². The van der Waals surface area contributed by atoms with Crippen LogP contribution in [0.25, 0.3) is 12.2 Å². The summed E-state index contributed by atoms with van der Waals surface area (Å²) < 4.78 is 2.51. The summed E-state index contributed by atoms with van der Waals surface area (Å²) in [7, 11) is 0. The van der Waals surface area contributed by atoms with E-state index >= 15 is 0 Å². The summed E-state index contributed by atoms with van der Waals surface area (Å²) in [5.41, 5.74) is 16.9. The van der Waals surface area contributed by atoms with Crippen molar-refractivity contribution >= 4 is 43.8 Å². The first-order chi connectivity index (χ1) is 15.7. The molecule has 0 saturated carbocycles. The first kappa shape index (κ1) is 28.4. The fourth-order valence-corrected chi connectivity index (χ4v) is 28.5. The van der Waals surface area contributed by atoms with Crippen molar-refractivity contribution in [3.63, 3.8) is 0 Å². The van der Waals surface area contributed by atoms with Gasteiger partial charge in [-0.1, -0.05) is 0 Å². The third kappa shape index (κ3) is 4.66. The van der Waals surface area contributed by atoms with Gasteiger partial charge < -0.3 is 0 Å². The van der Waals surface area contributed by atoms with Crippen LogP contribution in [0.15, 0.2) is 65.7 Å². The SMILES string of the molecule is CC1=Cc2c(C)ccc(C)c2[CH]1[Zr](=[SiH2])([CH2]c1ccccc1)[CH]1C(C)=Cc2c(C)ccc(C)c21.Cl.Cl. The summed E-state index contributed by atoms with van der Waals surface area (Å²) in [6.45, 7) is 16.6. The van der Waals surface area contributed by atoms with E-state index in [1.54, 1.807) is 22.3 Å². The molecule has 0 N–H and O–H groups in total. The van der Waals surface area contributed by atoms with E-state index in [1.165, 1.54) is 43.1 Å². The van der Waals surface area contributed by atoms with Gasteiger partial charge in [0.05, 0.1) is 0 Å². The first-order valence-corrected chi connectivity index (χ1v) is 22.7. The average Bonchev–Trinajstić information content (AvgIpc) is 3.33. The maximum Gasteiger partial charge on any atom is -0.147 e. The molecule has 0 aliphatic heterocycles. The molecule has 2 aliphatic rings. The van der Waals surface area contributed by atoms with Gasteiger partial charge in [0.1, 0.15) is 0 Å². The summed E-state index contributed by atoms with van der Waals surface area (Å²) >= 11 is -3.01. The summed E-state index contributed by atoms with van der Waals surface area (Å²) in [5.74, 6) is 0. The van der Waals surface area contributed by atoms with Gasteiger partial charge in [0.25, 0.3) is 0 Å². The van der Waals surface area contributed by atoms with E-state index in [1.807, 2.05) is 0 Å². The zero-order valence-corrected chi connectivity index (χ0v) is 27.2. The number of allylic oxidation sites excluding steroid dienone is 2. The molecule has 0 radical (unpaired) electrons. The third-order valence-electron chi connectivity index (χ3n) is 8.20. The molecule has 0 amide bonds. The number of benzene rings is 3. The molecule has 183 valence electrons. The summed E-state index contributed by atoms with van der Waals surface area (Å²) in [6.07, 6.45) is 5.07. The molecule has 3 aromatic rings. The fourth-order valence-electron chi connectivity index (χ4n) is 6.76. The quantitative estimate of drug-likeness (QED) is 0.265. The molecular formula is C31H37Cl2SiZr. The van der Waals surface area contributed by atoms with E-state index in [-0.39, 0.29) is 24.8 Å². The molecule has 35 heavy (non-hydrogen) atoms. The molecule has 3 aromatic carbocycles. The van der Waals surface area contributed by atoms with Gasteiger partial charge in [-0.05, 0) is 0 Å². The third-order valence-corrected chi connectivity index (χ3v) is 26.4. The predicted octanol–water partition coefficient (Wildman–Crippen LogP) is 8.28. The number of aryl methyl sites for hydroxylation is 4. The van der Waals surface area contributed by atoms with Gasteiger partial charge in [0.15, 0.2) is 0 Å². The van der Waals surface area contributed by atoms with Crippen LogP contribution in [-0.4, -0.2) is 6.88 Å². The second-order valence-electron chi connectivity index (χ2n) is 10.6. The van der Waals surface area contributed by atoms with Crippen LogP contribution in [0, 0.1) is 27.7 Å². The van der Waals surface area contributed by atoms with E-state index in [9.17, 15) is 0 Å². The van der Waals surface area contributed by atoms with E-state index in [2.05, 4.69) is 115 Å². The molecule has 0 nitrogen and oxygen atoms in total. The minimum absolute atomic E-state index is 0. The van der Waals surface area contributed by atoms with Crippen LogP contribution in [0.1, 0.15) is 71.2 Å². The molecule has 0 saturated heterocycles. The van der Waals surface area contributed by atoms with Crippen LogP contribution >= 0.6 is 24.8 Å².